The fraction of sp³-hybridized carbons (Fsp3) is 0. The molecule has 0 aliphatic rings. The Labute approximate surface area is 277 Å². The molecule has 0 spiro atoms. The summed E-state index contributed by atoms with van der Waals surface area (Å²) < 4.78 is 0. The fourth-order valence-corrected chi connectivity index (χ4v) is 8.84. The van der Waals surface area contributed by atoms with Crippen LogP contribution in [0.25, 0.3) is 108 Å². The van der Waals surface area contributed by atoms with Crippen LogP contribution >= 0.6 is 0 Å². The Morgan fingerprint density at radius 1 is 0.229 bits per heavy atom. The lowest BCUT2D eigenvalue weighted by molar-refractivity contribution is 1.67. The SMILES string of the molecule is c1ccc(-c2c3ccccc3c(-c3cc4cccc5c6cccc7ccc8cccc(c9cccc3c9c45)c8c76)c3ccccc23)cc1. The second kappa shape index (κ2) is 9.64. The highest BCUT2D eigenvalue weighted by atomic mass is 14.2. The molecule has 0 heteroatoms. The lowest BCUT2D eigenvalue weighted by Gasteiger charge is -2.21. The summed E-state index contributed by atoms with van der Waals surface area (Å²) in [4.78, 5) is 0. The van der Waals surface area contributed by atoms with E-state index in [1.54, 1.807) is 0 Å². The molecule has 0 saturated carbocycles. The molecule has 0 saturated heterocycles. The zero-order valence-electron chi connectivity index (χ0n) is 26.2. The molecule has 0 aliphatic heterocycles. The van der Waals surface area contributed by atoms with E-state index in [1.165, 1.54) is 108 Å². The van der Waals surface area contributed by atoms with Gasteiger partial charge in [0.1, 0.15) is 0 Å². The van der Waals surface area contributed by atoms with Gasteiger partial charge < -0.3 is 0 Å². The van der Waals surface area contributed by atoms with Crippen LogP contribution in [0.3, 0.4) is 0 Å². The van der Waals surface area contributed by atoms with E-state index < -0.39 is 0 Å². The fourth-order valence-electron chi connectivity index (χ4n) is 8.84. The molecular weight excluding hydrogens is 577 g/mol. The monoisotopic (exact) mass is 604 g/mol. The standard InChI is InChI=1S/C48H28/c1-2-12-29(13-3-1)43-33-17-4-6-19-38(33)47(39-20-7-5-18-34(39)43)42-28-32-16-10-23-36-35-21-8-14-30-26-27-31-15-9-22-37(45(31)44(30)35)40-24-11-25-41(42)48(40)46(32)36/h1-28H. The van der Waals surface area contributed by atoms with Crippen LogP contribution in [0.15, 0.2) is 170 Å². The average Bonchev–Trinajstić information content (AvgIpc) is 3.15. The van der Waals surface area contributed by atoms with E-state index in [9.17, 15) is 0 Å². The minimum atomic E-state index is 1.25. The van der Waals surface area contributed by atoms with Crippen LogP contribution in [-0.4, -0.2) is 0 Å². The quantitative estimate of drug-likeness (QED) is 0.136. The number of benzene rings is 10. The van der Waals surface area contributed by atoms with Gasteiger partial charge in [-0.3, -0.25) is 0 Å². The second-order valence-corrected chi connectivity index (χ2v) is 13.1. The predicted octanol–water partition coefficient (Wildman–Crippen LogP) is 13.7. The highest BCUT2D eigenvalue weighted by Gasteiger charge is 2.21. The third-order valence-electron chi connectivity index (χ3n) is 10.7. The summed E-state index contributed by atoms with van der Waals surface area (Å²) in [5.74, 6) is 0. The Hall–Kier alpha value is -6.24. The Bertz CT molecular complexity index is 3040. The molecule has 11 rings (SSSR count). The van der Waals surface area contributed by atoms with E-state index in [0.717, 1.165) is 0 Å². The van der Waals surface area contributed by atoms with Crippen LogP contribution in [0, 0.1) is 0 Å². The maximum Gasteiger partial charge on any atom is -0.00141 e. The van der Waals surface area contributed by atoms with Crippen LogP contribution in [0.5, 0.6) is 0 Å². The smallest absolute Gasteiger partial charge is 0.00141 e. The number of hydrogen-bond acceptors (Lipinski definition) is 0. The van der Waals surface area contributed by atoms with Crippen molar-refractivity contribution in [2.45, 2.75) is 0 Å². The summed E-state index contributed by atoms with van der Waals surface area (Å²) in [6, 6.07) is 63.4. The third kappa shape index (κ3) is 3.39. The minimum absolute atomic E-state index is 1.25. The molecule has 0 bridgehead atoms. The van der Waals surface area contributed by atoms with Crippen molar-refractivity contribution in [3.8, 4) is 22.3 Å². The summed E-state index contributed by atoms with van der Waals surface area (Å²) >= 11 is 0. The zero-order chi connectivity index (χ0) is 31.3. The summed E-state index contributed by atoms with van der Waals surface area (Å²) in [5.41, 5.74) is 5.12. The number of rotatable bonds is 2. The van der Waals surface area contributed by atoms with Crippen molar-refractivity contribution in [3.63, 3.8) is 0 Å². The van der Waals surface area contributed by atoms with E-state index >= 15 is 0 Å². The van der Waals surface area contributed by atoms with Gasteiger partial charge in [-0.2, -0.15) is 0 Å². The van der Waals surface area contributed by atoms with Crippen molar-refractivity contribution in [1.82, 2.24) is 0 Å². The van der Waals surface area contributed by atoms with Gasteiger partial charge in [0.05, 0.1) is 0 Å². The second-order valence-electron chi connectivity index (χ2n) is 13.1. The first-order valence-electron chi connectivity index (χ1n) is 16.8. The van der Waals surface area contributed by atoms with E-state index in [4.69, 9.17) is 0 Å². The van der Waals surface area contributed by atoms with Crippen molar-refractivity contribution in [1.29, 1.82) is 0 Å². The maximum atomic E-state index is 2.47. The normalized spacial score (nSPS) is 12.2. The van der Waals surface area contributed by atoms with E-state index in [1.807, 2.05) is 0 Å². The summed E-state index contributed by atoms with van der Waals surface area (Å²) in [7, 11) is 0. The lowest BCUT2D eigenvalue weighted by atomic mass is 9.82. The van der Waals surface area contributed by atoms with Gasteiger partial charge in [0.2, 0.25) is 0 Å². The van der Waals surface area contributed by atoms with Gasteiger partial charge in [0, 0.05) is 0 Å². The van der Waals surface area contributed by atoms with Gasteiger partial charge in [-0.15, -0.1) is 0 Å². The molecule has 0 fully saturated rings. The molecule has 0 amide bonds. The van der Waals surface area contributed by atoms with Crippen LogP contribution in [0.2, 0.25) is 0 Å². The summed E-state index contributed by atoms with van der Waals surface area (Å²) in [6.45, 7) is 0. The topological polar surface area (TPSA) is 0 Å². The Balaban J connectivity index is 1.41. The van der Waals surface area contributed by atoms with E-state index in [-0.39, 0.29) is 0 Å². The predicted molar refractivity (Wildman–Crippen MR) is 209 cm³/mol. The van der Waals surface area contributed by atoms with Gasteiger partial charge in [-0.25, -0.2) is 0 Å². The molecule has 0 aliphatic carbocycles. The highest BCUT2D eigenvalue weighted by molar-refractivity contribution is 6.38. The van der Waals surface area contributed by atoms with Gasteiger partial charge in [-0.1, -0.05) is 164 Å². The van der Waals surface area contributed by atoms with Crippen molar-refractivity contribution in [3.05, 3.63) is 170 Å². The first-order chi connectivity index (χ1) is 23.8. The average molecular weight is 605 g/mol. The molecular formula is C48H28. The molecule has 0 atom stereocenters. The number of fused-ring (bicyclic) bond motifs is 4. The molecule has 0 unspecified atom stereocenters. The van der Waals surface area contributed by atoms with Gasteiger partial charge in [0.15, 0.2) is 0 Å². The molecule has 220 valence electrons. The summed E-state index contributed by atoms with van der Waals surface area (Å²) in [6.07, 6.45) is 0. The lowest BCUT2D eigenvalue weighted by Crippen LogP contribution is -1.93. The molecule has 0 aromatic heterocycles. The maximum absolute atomic E-state index is 2.47. The molecule has 0 radical (unpaired) electrons. The van der Waals surface area contributed by atoms with Crippen LogP contribution < -0.4 is 0 Å². The van der Waals surface area contributed by atoms with Crippen molar-refractivity contribution in [2.24, 2.45) is 0 Å². The molecule has 11 aromatic carbocycles. The first-order valence-corrected chi connectivity index (χ1v) is 16.8. The third-order valence-corrected chi connectivity index (χ3v) is 10.7. The Kier molecular flexibility index (Phi) is 5.20. The van der Waals surface area contributed by atoms with E-state index in [2.05, 4.69) is 170 Å². The van der Waals surface area contributed by atoms with Gasteiger partial charge in [-0.05, 0) is 114 Å². The largest absolute Gasteiger partial charge is 0.0622 e. The minimum Gasteiger partial charge on any atom is -0.0622 e. The van der Waals surface area contributed by atoms with Gasteiger partial charge >= 0.3 is 0 Å². The Morgan fingerprint density at radius 2 is 0.625 bits per heavy atom. The molecule has 0 heterocycles. The highest BCUT2D eigenvalue weighted by Crippen LogP contribution is 2.49. The Morgan fingerprint density at radius 3 is 1.19 bits per heavy atom. The zero-order valence-corrected chi connectivity index (χ0v) is 26.2. The molecule has 0 N–H and O–H groups in total. The molecule has 11 aromatic rings. The summed E-state index contributed by atoms with van der Waals surface area (Å²) in [5, 5.41) is 20.8. The molecule has 0 nitrogen and oxygen atoms in total. The van der Waals surface area contributed by atoms with Crippen molar-refractivity contribution >= 4 is 86.2 Å². The van der Waals surface area contributed by atoms with Crippen LogP contribution in [0.4, 0.5) is 0 Å². The first kappa shape index (κ1) is 25.9. The van der Waals surface area contributed by atoms with Crippen molar-refractivity contribution in [2.75, 3.05) is 0 Å². The number of hydrogen-bond donors (Lipinski definition) is 0. The van der Waals surface area contributed by atoms with Crippen LogP contribution in [0.1, 0.15) is 0 Å². The van der Waals surface area contributed by atoms with Crippen molar-refractivity contribution < 1.29 is 0 Å². The van der Waals surface area contributed by atoms with E-state index in [0.29, 0.717) is 0 Å². The molecule has 48 heavy (non-hydrogen) atoms. The van der Waals surface area contributed by atoms with Gasteiger partial charge in [0.25, 0.3) is 0 Å². The van der Waals surface area contributed by atoms with Crippen LogP contribution in [-0.2, 0) is 0 Å².